The Hall–Kier alpha value is -0.650. The number of hydrogen-bond acceptors (Lipinski definition) is 5. The first-order valence-electron chi connectivity index (χ1n) is 8.62. The van der Waals surface area contributed by atoms with Gasteiger partial charge < -0.3 is 20.1 Å². The van der Waals surface area contributed by atoms with Crippen molar-refractivity contribution in [3.8, 4) is 0 Å². The van der Waals surface area contributed by atoms with Gasteiger partial charge in [0.1, 0.15) is 6.61 Å². The fourth-order valence-electron chi connectivity index (χ4n) is 2.17. The molecule has 0 heterocycles. The minimum Gasteiger partial charge on any atom is -0.465 e. The van der Waals surface area contributed by atoms with Gasteiger partial charge in [-0.3, -0.25) is 4.79 Å². The maximum absolute atomic E-state index is 11.6. The summed E-state index contributed by atoms with van der Waals surface area (Å²) in [6.07, 6.45) is 11.0. The molecule has 5 heteroatoms. The number of carbonyl (C=O) groups is 1. The minimum atomic E-state index is -1.13. The van der Waals surface area contributed by atoms with Gasteiger partial charge in [-0.2, -0.15) is 0 Å². The van der Waals surface area contributed by atoms with Crippen molar-refractivity contribution in [3.05, 3.63) is 0 Å². The molecule has 3 N–H and O–H groups in total. The number of aliphatic hydroxyl groups is 3. The molecule has 0 spiro atoms. The van der Waals surface area contributed by atoms with Crippen molar-refractivity contribution >= 4 is 5.97 Å². The minimum absolute atomic E-state index is 0.146. The van der Waals surface area contributed by atoms with Crippen LogP contribution in [-0.2, 0) is 9.53 Å². The second kappa shape index (κ2) is 14.0. The van der Waals surface area contributed by atoms with Crippen molar-refractivity contribution < 1.29 is 24.9 Å². The molecule has 0 radical (unpaired) electrons. The number of ether oxygens (including phenoxy) is 1. The topological polar surface area (TPSA) is 87.0 Å². The zero-order valence-electron chi connectivity index (χ0n) is 14.1. The number of unbranched alkanes of at least 4 members (excludes halogenated alkanes) is 8. The Balaban J connectivity index is 3.54. The van der Waals surface area contributed by atoms with Crippen LogP contribution in [0.15, 0.2) is 0 Å². The molecular formula is C17H34O5. The van der Waals surface area contributed by atoms with Gasteiger partial charge in [0.05, 0.1) is 25.2 Å². The van der Waals surface area contributed by atoms with Gasteiger partial charge in [0, 0.05) is 6.42 Å². The van der Waals surface area contributed by atoms with E-state index in [1.54, 1.807) is 0 Å². The summed E-state index contributed by atoms with van der Waals surface area (Å²) in [6, 6.07) is 0. The lowest BCUT2D eigenvalue weighted by molar-refractivity contribution is -0.151. The van der Waals surface area contributed by atoms with Crippen LogP contribution >= 0.6 is 0 Å². The van der Waals surface area contributed by atoms with Gasteiger partial charge in [0.25, 0.3) is 0 Å². The van der Waals surface area contributed by atoms with Crippen LogP contribution in [0.3, 0.4) is 0 Å². The van der Waals surface area contributed by atoms with E-state index < -0.39 is 25.2 Å². The van der Waals surface area contributed by atoms with E-state index in [-0.39, 0.29) is 12.6 Å². The standard InChI is InChI=1S/C17H34O5/c1-2-3-4-5-6-7-8-9-10-11-16(21)22-15-17(12-18,13-19)14-20/h18-20H,2-15H2,1H3. The summed E-state index contributed by atoms with van der Waals surface area (Å²) in [5.74, 6) is -0.331. The highest BCUT2D eigenvalue weighted by Gasteiger charge is 2.29. The van der Waals surface area contributed by atoms with Crippen LogP contribution in [-0.4, -0.2) is 47.7 Å². The van der Waals surface area contributed by atoms with Crippen LogP contribution in [0.25, 0.3) is 0 Å². The third-order valence-corrected chi connectivity index (χ3v) is 4.03. The molecule has 0 fully saturated rings. The third-order valence-electron chi connectivity index (χ3n) is 4.03. The SMILES string of the molecule is CCCCCCCCCCCC(=O)OCC(CO)(CO)CO. The zero-order valence-corrected chi connectivity index (χ0v) is 14.1. The number of aliphatic hydroxyl groups excluding tert-OH is 3. The number of rotatable bonds is 15. The van der Waals surface area contributed by atoms with Crippen molar-refractivity contribution in [2.24, 2.45) is 5.41 Å². The summed E-state index contributed by atoms with van der Waals surface area (Å²) in [4.78, 5) is 11.6. The van der Waals surface area contributed by atoms with Gasteiger partial charge in [-0.1, -0.05) is 58.3 Å². The van der Waals surface area contributed by atoms with E-state index in [1.807, 2.05) is 0 Å². The lowest BCUT2D eigenvalue weighted by Crippen LogP contribution is -2.39. The predicted molar refractivity (Wildman–Crippen MR) is 86.5 cm³/mol. The van der Waals surface area contributed by atoms with E-state index in [0.717, 1.165) is 19.3 Å². The van der Waals surface area contributed by atoms with E-state index in [0.29, 0.717) is 6.42 Å². The monoisotopic (exact) mass is 318 g/mol. The Morgan fingerprint density at radius 1 is 0.818 bits per heavy atom. The Bertz CT molecular complexity index is 256. The average Bonchev–Trinajstić information content (AvgIpc) is 2.55. The number of esters is 1. The molecule has 132 valence electrons. The van der Waals surface area contributed by atoms with Gasteiger partial charge in [0.2, 0.25) is 0 Å². The molecule has 0 aromatic carbocycles. The quantitative estimate of drug-likeness (QED) is 0.319. The van der Waals surface area contributed by atoms with Crippen LogP contribution < -0.4 is 0 Å². The van der Waals surface area contributed by atoms with Crippen LogP contribution in [0, 0.1) is 5.41 Å². The molecule has 0 aliphatic rings. The van der Waals surface area contributed by atoms with Gasteiger partial charge in [-0.15, -0.1) is 0 Å². The highest BCUT2D eigenvalue weighted by Crippen LogP contribution is 2.16. The Labute approximate surface area is 134 Å². The third kappa shape index (κ3) is 10.1. The van der Waals surface area contributed by atoms with Gasteiger partial charge in [-0.05, 0) is 6.42 Å². The fourth-order valence-corrected chi connectivity index (χ4v) is 2.17. The molecule has 0 aliphatic heterocycles. The molecule has 0 atom stereocenters. The van der Waals surface area contributed by atoms with Crippen molar-refractivity contribution in [2.75, 3.05) is 26.4 Å². The summed E-state index contributed by atoms with van der Waals surface area (Å²) < 4.78 is 5.03. The largest absolute Gasteiger partial charge is 0.465 e. The molecule has 0 aromatic rings. The molecule has 0 bridgehead atoms. The molecular weight excluding hydrogens is 284 g/mol. The second-order valence-electron chi connectivity index (χ2n) is 6.21. The number of hydrogen-bond donors (Lipinski definition) is 3. The predicted octanol–water partition coefficient (Wildman–Crippen LogP) is 2.41. The molecule has 0 saturated heterocycles. The van der Waals surface area contributed by atoms with Crippen molar-refractivity contribution in [2.45, 2.75) is 71.1 Å². The van der Waals surface area contributed by atoms with E-state index in [9.17, 15) is 4.79 Å². The van der Waals surface area contributed by atoms with E-state index >= 15 is 0 Å². The summed E-state index contributed by atoms with van der Waals surface area (Å²) in [6.45, 7) is 0.833. The first-order valence-corrected chi connectivity index (χ1v) is 8.62. The molecule has 0 saturated carbocycles. The maximum atomic E-state index is 11.6. The molecule has 0 aromatic heterocycles. The summed E-state index contributed by atoms with van der Waals surface area (Å²) >= 11 is 0. The van der Waals surface area contributed by atoms with Crippen molar-refractivity contribution in [1.82, 2.24) is 0 Å². The van der Waals surface area contributed by atoms with E-state index in [1.165, 1.54) is 38.5 Å². The smallest absolute Gasteiger partial charge is 0.305 e. The Kier molecular flexibility index (Phi) is 13.6. The maximum Gasteiger partial charge on any atom is 0.305 e. The molecule has 0 amide bonds. The van der Waals surface area contributed by atoms with Crippen LogP contribution in [0.5, 0.6) is 0 Å². The van der Waals surface area contributed by atoms with Gasteiger partial charge >= 0.3 is 5.97 Å². The lowest BCUT2D eigenvalue weighted by atomic mass is 9.93. The number of carbonyl (C=O) groups excluding carboxylic acids is 1. The van der Waals surface area contributed by atoms with Crippen LogP contribution in [0.4, 0.5) is 0 Å². The van der Waals surface area contributed by atoms with Crippen LogP contribution in [0.1, 0.15) is 71.1 Å². The van der Waals surface area contributed by atoms with Crippen molar-refractivity contribution in [3.63, 3.8) is 0 Å². The molecule has 0 unspecified atom stereocenters. The molecule has 5 nitrogen and oxygen atoms in total. The fraction of sp³-hybridized carbons (Fsp3) is 0.941. The summed E-state index contributed by atoms with van der Waals surface area (Å²) in [5.41, 5.74) is -1.13. The van der Waals surface area contributed by atoms with E-state index in [2.05, 4.69) is 6.92 Å². The molecule has 0 rings (SSSR count). The summed E-state index contributed by atoms with van der Waals surface area (Å²) in [7, 11) is 0. The Morgan fingerprint density at radius 3 is 1.73 bits per heavy atom. The highest BCUT2D eigenvalue weighted by atomic mass is 16.5. The molecule has 0 aliphatic carbocycles. The Morgan fingerprint density at radius 2 is 1.27 bits per heavy atom. The average molecular weight is 318 g/mol. The van der Waals surface area contributed by atoms with Crippen LogP contribution in [0.2, 0.25) is 0 Å². The normalized spacial score (nSPS) is 11.6. The highest BCUT2D eigenvalue weighted by molar-refractivity contribution is 5.69. The first kappa shape index (κ1) is 21.4. The van der Waals surface area contributed by atoms with Gasteiger partial charge in [0.15, 0.2) is 0 Å². The molecule has 22 heavy (non-hydrogen) atoms. The first-order chi connectivity index (χ1) is 10.6. The van der Waals surface area contributed by atoms with E-state index in [4.69, 9.17) is 20.1 Å². The lowest BCUT2D eigenvalue weighted by Gasteiger charge is -2.26. The van der Waals surface area contributed by atoms with Crippen molar-refractivity contribution in [1.29, 1.82) is 0 Å². The zero-order chi connectivity index (χ0) is 16.7. The second-order valence-corrected chi connectivity index (χ2v) is 6.21. The summed E-state index contributed by atoms with van der Waals surface area (Å²) in [5, 5.41) is 27.4. The van der Waals surface area contributed by atoms with Gasteiger partial charge in [-0.25, -0.2) is 0 Å².